The second-order valence-corrected chi connectivity index (χ2v) is 5.13. The van der Waals surface area contributed by atoms with Crippen molar-refractivity contribution in [2.75, 3.05) is 39.3 Å². The monoisotopic (exact) mass is 231 g/mol. The van der Waals surface area contributed by atoms with E-state index >= 15 is 0 Å². The Morgan fingerprint density at radius 1 is 0.933 bits per heavy atom. The van der Waals surface area contributed by atoms with Gasteiger partial charge in [0.2, 0.25) is 0 Å². The molecule has 0 aromatic rings. The average Bonchev–Trinajstić information content (AvgIpc) is 2.78. The number of hydrogen-bond acceptors (Lipinski definition) is 3. The zero-order valence-electron chi connectivity index (χ0n) is 9.24. The second kappa shape index (κ2) is 5.00. The van der Waals surface area contributed by atoms with Gasteiger partial charge < -0.3 is 10.6 Å². The summed E-state index contributed by atoms with van der Waals surface area (Å²) in [4.78, 5) is 2.74. The highest BCUT2D eigenvalue weighted by molar-refractivity contribution is 5.85. The maximum atomic E-state index is 3.52. The standard InChI is InChI=1S/C11H21N3.ClH/c1-2-11(6-12-3-1)14-7-9-4-13-5-10(9)8-14;/h9-13H,1-8H2;1H/t9-,10+,11?;. The predicted octanol–water partition coefficient (Wildman–Crippen LogP) is 0.311. The van der Waals surface area contributed by atoms with Crippen molar-refractivity contribution in [2.24, 2.45) is 11.8 Å². The quantitative estimate of drug-likeness (QED) is 0.681. The first-order chi connectivity index (χ1) is 6.93. The van der Waals surface area contributed by atoms with E-state index in [0.29, 0.717) is 0 Å². The van der Waals surface area contributed by atoms with Gasteiger partial charge in [0.15, 0.2) is 0 Å². The molecule has 0 spiro atoms. The summed E-state index contributed by atoms with van der Waals surface area (Å²) in [6.07, 6.45) is 2.79. The van der Waals surface area contributed by atoms with Crippen LogP contribution in [0.3, 0.4) is 0 Å². The van der Waals surface area contributed by atoms with Crippen LogP contribution in [0, 0.1) is 11.8 Å². The Morgan fingerprint density at radius 3 is 2.27 bits per heavy atom. The zero-order valence-corrected chi connectivity index (χ0v) is 10.1. The summed E-state index contributed by atoms with van der Waals surface area (Å²) < 4.78 is 0. The van der Waals surface area contributed by atoms with Crippen LogP contribution in [0.4, 0.5) is 0 Å². The topological polar surface area (TPSA) is 27.3 Å². The fourth-order valence-electron chi connectivity index (χ4n) is 3.33. The Labute approximate surface area is 98.4 Å². The fraction of sp³-hybridized carbons (Fsp3) is 1.00. The molecule has 3 fully saturated rings. The van der Waals surface area contributed by atoms with Crippen molar-refractivity contribution in [2.45, 2.75) is 18.9 Å². The molecule has 3 rings (SSSR count). The van der Waals surface area contributed by atoms with Gasteiger partial charge in [-0.25, -0.2) is 0 Å². The Balaban J connectivity index is 0.000000853. The lowest BCUT2D eigenvalue weighted by Gasteiger charge is -2.32. The highest BCUT2D eigenvalue weighted by atomic mass is 35.5. The minimum Gasteiger partial charge on any atom is -0.316 e. The SMILES string of the molecule is C1CNCC(N2C[C@H]3CNC[C@H]3C2)C1.Cl. The minimum atomic E-state index is 0. The van der Waals surface area contributed by atoms with Gasteiger partial charge in [-0.3, -0.25) is 4.90 Å². The molecule has 0 radical (unpaired) electrons. The number of rotatable bonds is 1. The van der Waals surface area contributed by atoms with Gasteiger partial charge in [0.05, 0.1) is 0 Å². The van der Waals surface area contributed by atoms with Crippen LogP contribution in [-0.4, -0.2) is 50.2 Å². The maximum absolute atomic E-state index is 3.52. The molecular formula is C11H22ClN3. The van der Waals surface area contributed by atoms with Gasteiger partial charge in [0.25, 0.3) is 0 Å². The number of halogens is 1. The van der Waals surface area contributed by atoms with Gasteiger partial charge in [-0.15, -0.1) is 12.4 Å². The van der Waals surface area contributed by atoms with Crippen LogP contribution < -0.4 is 10.6 Å². The van der Waals surface area contributed by atoms with Gasteiger partial charge in [0.1, 0.15) is 0 Å². The van der Waals surface area contributed by atoms with Crippen LogP contribution in [0.25, 0.3) is 0 Å². The summed E-state index contributed by atoms with van der Waals surface area (Å²) in [5.74, 6) is 1.91. The highest BCUT2D eigenvalue weighted by Crippen LogP contribution is 2.28. The lowest BCUT2D eigenvalue weighted by molar-refractivity contribution is 0.190. The van der Waals surface area contributed by atoms with Gasteiger partial charge in [-0.1, -0.05) is 0 Å². The van der Waals surface area contributed by atoms with Crippen LogP contribution in [0.5, 0.6) is 0 Å². The van der Waals surface area contributed by atoms with Crippen molar-refractivity contribution in [1.29, 1.82) is 0 Å². The second-order valence-electron chi connectivity index (χ2n) is 5.13. The van der Waals surface area contributed by atoms with Crippen molar-refractivity contribution < 1.29 is 0 Å². The normalized spacial score (nSPS) is 41.2. The molecule has 3 atom stereocenters. The minimum absolute atomic E-state index is 0. The van der Waals surface area contributed by atoms with E-state index in [4.69, 9.17) is 0 Å². The van der Waals surface area contributed by atoms with Crippen molar-refractivity contribution >= 4 is 12.4 Å². The number of likely N-dealkylation sites (tertiary alicyclic amines) is 1. The Kier molecular flexibility index (Phi) is 3.88. The highest BCUT2D eigenvalue weighted by Gasteiger charge is 2.38. The lowest BCUT2D eigenvalue weighted by Crippen LogP contribution is -2.45. The first-order valence-electron chi connectivity index (χ1n) is 6.09. The van der Waals surface area contributed by atoms with Crippen molar-refractivity contribution in [3.05, 3.63) is 0 Å². The molecule has 2 N–H and O–H groups in total. The number of fused-ring (bicyclic) bond motifs is 1. The molecule has 3 aliphatic heterocycles. The Morgan fingerprint density at radius 2 is 1.67 bits per heavy atom. The molecule has 4 heteroatoms. The van der Waals surface area contributed by atoms with Crippen LogP contribution in [0.15, 0.2) is 0 Å². The molecular weight excluding hydrogens is 210 g/mol. The Bertz CT molecular complexity index is 194. The van der Waals surface area contributed by atoms with E-state index in [1.165, 1.54) is 52.1 Å². The summed E-state index contributed by atoms with van der Waals surface area (Å²) >= 11 is 0. The summed E-state index contributed by atoms with van der Waals surface area (Å²) in [7, 11) is 0. The van der Waals surface area contributed by atoms with Crippen molar-refractivity contribution in [1.82, 2.24) is 15.5 Å². The molecule has 0 bridgehead atoms. The largest absolute Gasteiger partial charge is 0.316 e. The van der Waals surface area contributed by atoms with E-state index in [9.17, 15) is 0 Å². The molecule has 3 heterocycles. The third kappa shape index (κ3) is 2.31. The zero-order chi connectivity index (χ0) is 9.38. The van der Waals surface area contributed by atoms with E-state index in [1.54, 1.807) is 0 Å². The van der Waals surface area contributed by atoms with Gasteiger partial charge in [-0.2, -0.15) is 0 Å². The van der Waals surface area contributed by atoms with Crippen LogP contribution in [0.1, 0.15) is 12.8 Å². The molecule has 0 aliphatic carbocycles. The van der Waals surface area contributed by atoms with E-state index in [1.807, 2.05) is 0 Å². The van der Waals surface area contributed by atoms with E-state index < -0.39 is 0 Å². The molecule has 0 aromatic carbocycles. The fourth-order valence-corrected chi connectivity index (χ4v) is 3.33. The molecule has 3 saturated heterocycles. The molecule has 3 nitrogen and oxygen atoms in total. The summed E-state index contributed by atoms with van der Waals surface area (Å²) in [6.45, 7) is 7.70. The first kappa shape index (κ1) is 11.6. The van der Waals surface area contributed by atoms with Crippen LogP contribution in [-0.2, 0) is 0 Å². The smallest absolute Gasteiger partial charge is 0.0221 e. The van der Waals surface area contributed by atoms with Gasteiger partial charge in [0, 0.05) is 25.7 Å². The number of hydrogen-bond donors (Lipinski definition) is 2. The van der Waals surface area contributed by atoms with Gasteiger partial charge in [-0.05, 0) is 44.3 Å². The molecule has 0 amide bonds. The van der Waals surface area contributed by atoms with Gasteiger partial charge >= 0.3 is 0 Å². The summed E-state index contributed by atoms with van der Waals surface area (Å²) in [5, 5.41) is 7.03. The van der Waals surface area contributed by atoms with Crippen LogP contribution >= 0.6 is 12.4 Å². The number of nitrogens with zero attached hydrogens (tertiary/aromatic N) is 1. The molecule has 0 aromatic heterocycles. The molecule has 0 saturated carbocycles. The number of piperidine rings is 1. The van der Waals surface area contributed by atoms with E-state index in [0.717, 1.165) is 17.9 Å². The molecule has 1 unspecified atom stereocenters. The Hall–Kier alpha value is 0.170. The molecule has 15 heavy (non-hydrogen) atoms. The number of nitrogens with one attached hydrogen (secondary N) is 2. The van der Waals surface area contributed by atoms with E-state index in [-0.39, 0.29) is 12.4 Å². The maximum Gasteiger partial charge on any atom is 0.0221 e. The van der Waals surface area contributed by atoms with Crippen molar-refractivity contribution in [3.63, 3.8) is 0 Å². The third-order valence-corrected chi connectivity index (χ3v) is 4.21. The van der Waals surface area contributed by atoms with Crippen molar-refractivity contribution in [3.8, 4) is 0 Å². The summed E-state index contributed by atoms with van der Waals surface area (Å²) in [6, 6.07) is 0.842. The first-order valence-corrected chi connectivity index (χ1v) is 6.09. The summed E-state index contributed by atoms with van der Waals surface area (Å²) in [5.41, 5.74) is 0. The average molecular weight is 232 g/mol. The van der Waals surface area contributed by atoms with Crippen LogP contribution in [0.2, 0.25) is 0 Å². The molecule has 88 valence electrons. The lowest BCUT2D eigenvalue weighted by atomic mass is 10.0. The predicted molar refractivity (Wildman–Crippen MR) is 64.6 cm³/mol. The van der Waals surface area contributed by atoms with E-state index in [2.05, 4.69) is 15.5 Å². The molecule has 3 aliphatic rings. The third-order valence-electron chi connectivity index (χ3n) is 4.21.